The number of likely N-dealkylation sites (tertiary alicyclic amines) is 1. The van der Waals surface area contributed by atoms with Gasteiger partial charge in [-0.1, -0.05) is 38.5 Å². The zero-order valence-electron chi connectivity index (χ0n) is 15.9. The van der Waals surface area contributed by atoms with Crippen molar-refractivity contribution in [2.45, 2.75) is 82.7 Å². The molecule has 3 amide bonds. The summed E-state index contributed by atoms with van der Waals surface area (Å²) in [6.45, 7) is 0. The maximum absolute atomic E-state index is 13.0. The van der Waals surface area contributed by atoms with Crippen molar-refractivity contribution in [3.63, 3.8) is 0 Å². The number of thioether (sulfide) groups is 1. The molecule has 1 saturated heterocycles. The van der Waals surface area contributed by atoms with Gasteiger partial charge in [0.25, 0.3) is 0 Å². The number of imide groups is 1. The van der Waals surface area contributed by atoms with E-state index in [0.29, 0.717) is 6.42 Å². The quantitative estimate of drug-likeness (QED) is 0.568. The first-order valence-corrected chi connectivity index (χ1v) is 11.7. The van der Waals surface area contributed by atoms with Gasteiger partial charge in [-0.15, -0.1) is 0 Å². The minimum atomic E-state index is -0.628. The number of nitrogens with one attached hydrogen (secondary N) is 1. The van der Waals surface area contributed by atoms with Crippen molar-refractivity contribution in [2.75, 3.05) is 12.0 Å². The number of amides is 3. The molecule has 0 aromatic heterocycles. The summed E-state index contributed by atoms with van der Waals surface area (Å²) in [5.41, 5.74) is 0. The molecule has 2 saturated carbocycles. The lowest BCUT2D eigenvalue weighted by Crippen LogP contribution is -2.52. The third-order valence-corrected chi connectivity index (χ3v) is 6.93. The van der Waals surface area contributed by atoms with Gasteiger partial charge in [-0.25, -0.2) is 0 Å². The molecule has 1 heterocycles. The van der Waals surface area contributed by atoms with Crippen LogP contribution in [0.5, 0.6) is 0 Å². The van der Waals surface area contributed by atoms with E-state index in [1.54, 1.807) is 11.8 Å². The molecule has 0 unspecified atom stereocenters. The van der Waals surface area contributed by atoms with Gasteiger partial charge in [0, 0.05) is 6.04 Å². The fourth-order valence-corrected chi connectivity index (χ4v) is 5.28. The molecule has 0 spiro atoms. The summed E-state index contributed by atoms with van der Waals surface area (Å²) >= 11 is 1.65. The Morgan fingerprint density at radius 1 is 1.00 bits per heavy atom. The minimum Gasteiger partial charge on any atom is -0.352 e. The summed E-state index contributed by atoms with van der Waals surface area (Å²) in [7, 11) is 0. The number of fused-ring (bicyclic) bond motifs is 1. The van der Waals surface area contributed by atoms with E-state index in [1.165, 1.54) is 17.7 Å². The van der Waals surface area contributed by atoms with Gasteiger partial charge in [-0.05, 0) is 44.1 Å². The lowest BCUT2D eigenvalue weighted by atomic mass is 9.81. The highest BCUT2D eigenvalue weighted by molar-refractivity contribution is 7.98. The molecule has 6 heteroatoms. The van der Waals surface area contributed by atoms with Crippen LogP contribution in [-0.4, -0.2) is 46.7 Å². The molecule has 1 aliphatic heterocycles. The second-order valence-corrected chi connectivity index (χ2v) is 9.02. The van der Waals surface area contributed by atoms with Gasteiger partial charge >= 0.3 is 0 Å². The first kappa shape index (κ1) is 19.7. The summed E-state index contributed by atoms with van der Waals surface area (Å²) in [5, 5.41) is 3.17. The predicted molar refractivity (Wildman–Crippen MR) is 104 cm³/mol. The van der Waals surface area contributed by atoms with E-state index in [-0.39, 0.29) is 35.6 Å². The van der Waals surface area contributed by atoms with Gasteiger partial charge in [-0.3, -0.25) is 19.3 Å². The zero-order valence-corrected chi connectivity index (χ0v) is 16.7. The molecule has 0 radical (unpaired) electrons. The second kappa shape index (κ2) is 9.25. The highest BCUT2D eigenvalue weighted by Crippen LogP contribution is 2.39. The second-order valence-electron chi connectivity index (χ2n) is 8.04. The van der Waals surface area contributed by atoms with Gasteiger partial charge < -0.3 is 5.32 Å². The fraction of sp³-hybridized carbons (Fsp3) is 0.850. The lowest BCUT2D eigenvalue weighted by molar-refractivity contribution is -0.148. The SMILES string of the molecule is CSCC[C@@H](C(=O)NC1CCCCCC1)N1C(=O)[C@H]2CCCC[C@H]2C1=O. The largest absolute Gasteiger partial charge is 0.352 e. The van der Waals surface area contributed by atoms with E-state index >= 15 is 0 Å². The highest BCUT2D eigenvalue weighted by atomic mass is 32.2. The normalized spacial score (nSPS) is 28.6. The van der Waals surface area contributed by atoms with Crippen molar-refractivity contribution in [1.82, 2.24) is 10.2 Å². The molecule has 3 atom stereocenters. The van der Waals surface area contributed by atoms with Crippen LogP contribution >= 0.6 is 11.8 Å². The molecular weight excluding hydrogens is 348 g/mol. The molecule has 3 rings (SSSR count). The number of carbonyl (C=O) groups is 3. The Bertz CT molecular complexity index is 507. The van der Waals surface area contributed by atoms with Gasteiger partial charge in [0.1, 0.15) is 6.04 Å². The van der Waals surface area contributed by atoms with Crippen molar-refractivity contribution in [1.29, 1.82) is 0 Å². The summed E-state index contributed by atoms with van der Waals surface area (Å²) in [6, 6.07) is -0.437. The number of hydrogen-bond acceptors (Lipinski definition) is 4. The minimum absolute atomic E-state index is 0.0955. The van der Waals surface area contributed by atoms with Gasteiger partial charge in [0.2, 0.25) is 17.7 Å². The molecule has 26 heavy (non-hydrogen) atoms. The van der Waals surface area contributed by atoms with Crippen LogP contribution in [0, 0.1) is 11.8 Å². The monoisotopic (exact) mass is 380 g/mol. The third-order valence-electron chi connectivity index (χ3n) is 6.29. The summed E-state index contributed by atoms with van der Waals surface area (Å²) in [4.78, 5) is 40.2. The van der Waals surface area contributed by atoms with E-state index in [0.717, 1.165) is 57.1 Å². The van der Waals surface area contributed by atoms with E-state index < -0.39 is 6.04 Å². The van der Waals surface area contributed by atoms with E-state index in [1.807, 2.05) is 6.26 Å². The van der Waals surface area contributed by atoms with E-state index in [9.17, 15) is 14.4 Å². The van der Waals surface area contributed by atoms with Crippen molar-refractivity contribution < 1.29 is 14.4 Å². The van der Waals surface area contributed by atoms with Gasteiger partial charge in [0.15, 0.2) is 0 Å². The summed E-state index contributed by atoms with van der Waals surface area (Å²) in [5.74, 6) is 0.0992. The first-order valence-electron chi connectivity index (χ1n) is 10.3. The summed E-state index contributed by atoms with van der Waals surface area (Å²) in [6.07, 6.45) is 12.9. The van der Waals surface area contributed by atoms with Crippen molar-refractivity contribution in [3.05, 3.63) is 0 Å². The van der Waals surface area contributed by atoms with Gasteiger partial charge in [-0.2, -0.15) is 11.8 Å². The highest BCUT2D eigenvalue weighted by Gasteiger charge is 2.51. The Kier molecular flexibility index (Phi) is 7.01. The number of nitrogens with zero attached hydrogens (tertiary/aromatic N) is 1. The summed E-state index contributed by atoms with van der Waals surface area (Å²) < 4.78 is 0. The zero-order chi connectivity index (χ0) is 18.5. The van der Waals surface area contributed by atoms with Crippen LogP contribution in [0.25, 0.3) is 0 Å². The van der Waals surface area contributed by atoms with Crippen molar-refractivity contribution >= 4 is 29.5 Å². The molecular formula is C20H32N2O3S. The maximum atomic E-state index is 13.0. The molecule has 2 aliphatic carbocycles. The molecule has 0 aromatic rings. The Balaban J connectivity index is 1.73. The average Bonchev–Trinajstić information content (AvgIpc) is 2.82. The lowest BCUT2D eigenvalue weighted by Gasteiger charge is -2.28. The van der Waals surface area contributed by atoms with Crippen LogP contribution in [0.2, 0.25) is 0 Å². The Morgan fingerprint density at radius 2 is 1.54 bits per heavy atom. The smallest absolute Gasteiger partial charge is 0.243 e. The number of carbonyl (C=O) groups excluding carboxylic acids is 3. The molecule has 0 aromatic carbocycles. The Hall–Kier alpha value is -1.04. The van der Waals surface area contributed by atoms with Crippen LogP contribution in [0.1, 0.15) is 70.6 Å². The van der Waals surface area contributed by atoms with Crippen LogP contribution in [0.3, 0.4) is 0 Å². The number of hydrogen-bond donors (Lipinski definition) is 1. The van der Waals surface area contributed by atoms with Crippen LogP contribution in [0.15, 0.2) is 0 Å². The van der Waals surface area contributed by atoms with E-state index in [2.05, 4.69) is 5.32 Å². The van der Waals surface area contributed by atoms with Crippen molar-refractivity contribution in [3.8, 4) is 0 Å². The van der Waals surface area contributed by atoms with Gasteiger partial charge in [0.05, 0.1) is 11.8 Å². The molecule has 1 N–H and O–H groups in total. The first-order chi connectivity index (χ1) is 12.6. The molecule has 3 aliphatic rings. The van der Waals surface area contributed by atoms with Crippen molar-refractivity contribution in [2.24, 2.45) is 11.8 Å². The van der Waals surface area contributed by atoms with Crippen LogP contribution in [0.4, 0.5) is 0 Å². The predicted octanol–water partition coefficient (Wildman–Crippen LogP) is 3.12. The van der Waals surface area contributed by atoms with Crippen LogP contribution in [-0.2, 0) is 14.4 Å². The molecule has 3 fully saturated rings. The third kappa shape index (κ3) is 4.26. The molecule has 0 bridgehead atoms. The molecule has 5 nitrogen and oxygen atoms in total. The Morgan fingerprint density at radius 3 is 2.08 bits per heavy atom. The maximum Gasteiger partial charge on any atom is 0.243 e. The average molecular weight is 381 g/mol. The van der Waals surface area contributed by atoms with E-state index in [4.69, 9.17) is 0 Å². The number of rotatable bonds is 6. The fourth-order valence-electron chi connectivity index (χ4n) is 4.82. The molecule has 146 valence electrons. The standard InChI is InChI=1S/C20H32N2O3S/c1-26-13-12-17(18(23)21-14-8-4-2-3-5-9-14)22-19(24)15-10-6-7-11-16(15)20(22)25/h14-17H,2-13H2,1H3,(H,21,23)/t15-,16+,17-/m0/s1. The topological polar surface area (TPSA) is 66.5 Å². The Labute approximate surface area is 161 Å². The van der Waals surface area contributed by atoms with Crippen LogP contribution < -0.4 is 5.32 Å².